The Bertz CT molecular complexity index is 638. The molecule has 2 N–H and O–H groups in total. The van der Waals surface area contributed by atoms with E-state index in [1.807, 2.05) is 26.0 Å². The van der Waals surface area contributed by atoms with Crippen LogP contribution >= 0.6 is 0 Å². The van der Waals surface area contributed by atoms with Crippen molar-refractivity contribution in [2.45, 2.75) is 39.4 Å². The van der Waals surface area contributed by atoms with Gasteiger partial charge in [0.2, 0.25) is 5.91 Å². The molecule has 1 aromatic carbocycles. The lowest BCUT2D eigenvalue weighted by atomic mass is 10.1. The molecular formula is C15H20N6O2. The molecule has 1 atom stereocenters. The molecule has 0 spiro atoms. The van der Waals surface area contributed by atoms with Gasteiger partial charge in [0.25, 0.3) is 5.91 Å². The van der Waals surface area contributed by atoms with Gasteiger partial charge in [-0.2, -0.15) is 0 Å². The largest absolute Gasteiger partial charge is 0.350 e. The van der Waals surface area contributed by atoms with Gasteiger partial charge in [-0.05, 0) is 41.5 Å². The lowest BCUT2D eigenvalue weighted by molar-refractivity contribution is -0.122. The van der Waals surface area contributed by atoms with Crippen LogP contribution in [-0.2, 0) is 17.9 Å². The normalized spacial score (nSPS) is 11.7. The van der Waals surface area contributed by atoms with Gasteiger partial charge in [-0.3, -0.25) is 9.59 Å². The van der Waals surface area contributed by atoms with Crippen molar-refractivity contribution in [3.8, 4) is 0 Å². The van der Waals surface area contributed by atoms with Crippen molar-refractivity contribution in [2.24, 2.45) is 0 Å². The Morgan fingerprint density at radius 3 is 2.61 bits per heavy atom. The maximum atomic E-state index is 12.0. The second kappa shape index (κ2) is 8.02. The van der Waals surface area contributed by atoms with Gasteiger partial charge in [-0.15, -0.1) is 5.10 Å². The molecule has 0 aliphatic heterocycles. The molecule has 1 aromatic heterocycles. The Morgan fingerprint density at radius 2 is 2.00 bits per heavy atom. The van der Waals surface area contributed by atoms with E-state index in [2.05, 4.69) is 26.2 Å². The third-order valence-electron chi connectivity index (χ3n) is 3.39. The Labute approximate surface area is 134 Å². The number of nitrogens with zero attached hydrogens (tertiary/aromatic N) is 4. The highest BCUT2D eigenvalue weighted by Gasteiger charge is 2.08. The fourth-order valence-corrected chi connectivity index (χ4v) is 1.84. The van der Waals surface area contributed by atoms with Crippen molar-refractivity contribution >= 4 is 11.8 Å². The molecule has 8 heteroatoms. The van der Waals surface area contributed by atoms with E-state index in [4.69, 9.17) is 0 Å². The van der Waals surface area contributed by atoms with Crippen LogP contribution in [0.4, 0.5) is 0 Å². The molecule has 1 unspecified atom stereocenters. The Kier molecular flexibility index (Phi) is 5.79. The maximum absolute atomic E-state index is 12.0. The average Bonchev–Trinajstić information content (AvgIpc) is 3.06. The average molecular weight is 316 g/mol. The van der Waals surface area contributed by atoms with Gasteiger partial charge in [0.1, 0.15) is 12.9 Å². The van der Waals surface area contributed by atoms with Crippen LogP contribution in [0.15, 0.2) is 30.6 Å². The highest BCUT2D eigenvalue weighted by atomic mass is 16.2. The van der Waals surface area contributed by atoms with E-state index in [-0.39, 0.29) is 24.4 Å². The van der Waals surface area contributed by atoms with Gasteiger partial charge in [0.15, 0.2) is 0 Å². The molecule has 2 aromatic rings. The lowest BCUT2D eigenvalue weighted by Crippen LogP contribution is -2.31. The summed E-state index contributed by atoms with van der Waals surface area (Å²) in [5.74, 6) is -0.274. The number of benzene rings is 1. The first kappa shape index (κ1) is 16.6. The highest BCUT2D eigenvalue weighted by molar-refractivity contribution is 5.94. The Morgan fingerprint density at radius 1 is 1.26 bits per heavy atom. The summed E-state index contributed by atoms with van der Waals surface area (Å²) in [6, 6.07) is 7.29. The molecule has 23 heavy (non-hydrogen) atoms. The first-order valence-electron chi connectivity index (χ1n) is 7.45. The topological polar surface area (TPSA) is 102 Å². The zero-order valence-electron chi connectivity index (χ0n) is 13.2. The van der Waals surface area contributed by atoms with Gasteiger partial charge >= 0.3 is 0 Å². The first-order chi connectivity index (χ1) is 11.1. The van der Waals surface area contributed by atoms with Crippen molar-refractivity contribution in [2.75, 3.05) is 0 Å². The maximum Gasteiger partial charge on any atom is 0.251 e. The number of tetrazole rings is 1. The molecule has 1 heterocycles. The van der Waals surface area contributed by atoms with Crippen molar-refractivity contribution in [3.05, 3.63) is 41.7 Å². The summed E-state index contributed by atoms with van der Waals surface area (Å²) in [6.07, 6.45) is 2.27. The molecular weight excluding hydrogens is 296 g/mol. The number of carbonyl (C=O) groups is 2. The van der Waals surface area contributed by atoms with Crippen LogP contribution in [0.3, 0.4) is 0 Å². The van der Waals surface area contributed by atoms with Crippen LogP contribution in [0.2, 0.25) is 0 Å². The van der Waals surface area contributed by atoms with Crippen molar-refractivity contribution in [3.63, 3.8) is 0 Å². The SMILES string of the molecule is CCC(C)NC(=O)c1ccc(CNC(=O)Cn2cnnn2)cc1. The van der Waals surface area contributed by atoms with Crippen molar-refractivity contribution in [1.29, 1.82) is 0 Å². The Balaban J connectivity index is 1.82. The van der Waals surface area contributed by atoms with Crippen LogP contribution < -0.4 is 10.6 Å². The highest BCUT2D eigenvalue weighted by Crippen LogP contribution is 2.05. The fraction of sp³-hybridized carbons (Fsp3) is 0.400. The smallest absolute Gasteiger partial charge is 0.251 e. The number of rotatable bonds is 7. The second-order valence-electron chi connectivity index (χ2n) is 5.26. The molecule has 2 amide bonds. The monoisotopic (exact) mass is 316 g/mol. The third-order valence-corrected chi connectivity index (χ3v) is 3.39. The van der Waals surface area contributed by atoms with E-state index < -0.39 is 0 Å². The standard InChI is InChI=1S/C15H20N6O2/c1-3-11(2)18-15(23)13-6-4-12(5-7-13)8-16-14(22)9-21-10-17-19-20-21/h4-7,10-11H,3,8-9H2,1-2H3,(H,16,22)(H,18,23). The van der Waals surface area contributed by atoms with Crippen LogP contribution in [-0.4, -0.2) is 38.1 Å². The van der Waals surface area contributed by atoms with E-state index in [0.29, 0.717) is 12.1 Å². The summed E-state index contributed by atoms with van der Waals surface area (Å²) < 4.78 is 1.34. The van der Waals surface area contributed by atoms with Crippen LogP contribution in [0.5, 0.6) is 0 Å². The zero-order valence-corrected chi connectivity index (χ0v) is 13.2. The molecule has 0 aliphatic carbocycles. The predicted molar refractivity (Wildman–Crippen MR) is 83.3 cm³/mol. The lowest BCUT2D eigenvalue weighted by Gasteiger charge is -2.11. The van der Waals surface area contributed by atoms with E-state index in [1.165, 1.54) is 11.0 Å². The summed E-state index contributed by atoms with van der Waals surface area (Å²) in [5.41, 5.74) is 1.52. The minimum Gasteiger partial charge on any atom is -0.350 e. The molecule has 122 valence electrons. The summed E-state index contributed by atoms with van der Waals surface area (Å²) in [4.78, 5) is 23.7. The van der Waals surface area contributed by atoms with Gasteiger partial charge in [0.05, 0.1) is 0 Å². The van der Waals surface area contributed by atoms with Gasteiger partial charge < -0.3 is 10.6 Å². The molecule has 0 bridgehead atoms. The zero-order chi connectivity index (χ0) is 16.7. The van der Waals surface area contributed by atoms with E-state index in [0.717, 1.165) is 12.0 Å². The number of hydrogen-bond donors (Lipinski definition) is 2. The quantitative estimate of drug-likeness (QED) is 0.775. The number of carbonyl (C=O) groups excluding carboxylic acids is 2. The molecule has 0 saturated carbocycles. The van der Waals surface area contributed by atoms with Gasteiger partial charge in [-0.1, -0.05) is 19.1 Å². The minimum absolute atomic E-state index is 0.0718. The van der Waals surface area contributed by atoms with E-state index in [9.17, 15) is 9.59 Å². The molecule has 0 radical (unpaired) electrons. The summed E-state index contributed by atoms with van der Waals surface area (Å²) in [5, 5.41) is 16.2. The first-order valence-corrected chi connectivity index (χ1v) is 7.45. The van der Waals surface area contributed by atoms with E-state index >= 15 is 0 Å². The predicted octanol–water partition coefficient (Wildman–Crippen LogP) is 0.518. The number of hydrogen-bond acceptors (Lipinski definition) is 5. The number of nitrogens with one attached hydrogen (secondary N) is 2. The molecule has 0 fully saturated rings. The molecule has 0 aliphatic rings. The number of aromatic nitrogens is 4. The van der Waals surface area contributed by atoms with Crippen LogP contribution in [0.1, 0.15) is 36.2 Å². The summed E-state index contributed by atoms with van der Waals surface area (Å²) in [6.45, 7) is 4.44. The Hall–Kier alpha value is -2.77. The fourth-order valence-electron chi connectivity index (χ4n) is 1.84. The summed E-state index contributed by atoms with van der Waals surface area (Å²) in [7, 11) is 0. The van der Waals surface area contributed by atoms with Crippen LogP contribution in [0.25, 0.3) is 0 Å². The third kappa shape index (κ3) is 5.17. The van der Waals surface area contributed by atoms with E-state index in [1.54, 1.807) is 12.1 Å². The van der Waals surface area contributed by atoms with Gasteiger partial charge in [0, 0.05) is 18.2 Å². The van der Waals surface area contributed by atoms with Crippen LogP contribution in [0, 0.1) is 0 Å². The van der Waals surface area contributed by atoms with Crippen molar-refractivity contribution < 1.29 is 9.59 Å². The van der Waals surface area contributed by atoms with Gasteiger partial charge in [-0.25, -0.2) is 4.68 Å². The molecule has 0 saturated heterocycles. The van der Waals surface area contributed by atoms with Crippen molar-refractivity contribution in [1.82, 2.24) is 30.8 Å². The number of amides is 2. The summed E-state index contributed by atoms with van der Waals surface area (Å²) >= 11 is 0. The second-order valence-corrected chi connectivity index (χ2v) is 5.26. The molecule has 2 rings (SSSR count). The minimum atomic E-state index is -0.184. The molecule has 8 nitrogen and oxygen atoms in total.